The van der Waals surface area contributed by atoms with Crippen molar-refractivity contribution in [2.75, 3.05) is 17.7 Å². The molecule has 0 radical (unpaired) electrons. The van der Waals surface area contributed by atoms with E-state index in [0.29, 0.717) is 17.5 Å². The first-order valence-electron chi connectivity index (χ1n) is 9.59. The van der Waals surface area contributed by atoms with Gasteiger partial charge >= 0.3 is 6.18 Å². The Morgan fingerprint density at radius 3 is 2.87 bits per heavy atom. The Hall–Kier alpha value is -2.37. The number of benzene rings is 1. The first kappa shape index (κ1) is 21.8. The van der Waals surface area contributed by atoms with Crippen LogP contribution in [0.1, 0.15) is 18.4 Å². The highest BCUT2D eigenvalue weighted by atomic mass is 32.2. The molecule has 1 amide bonds. The summed E-state index contributed by atoms with van der Waals surface area (Å²) in [6.07, 6.45) is -2.45. The molecule has 1 saturated heterocycles. The van der Waals surface area contributed by atoms with Crippen LogP contribution in [0.2, 0.25) is 0 Å². The number of hydrogen-bond donors (Lipinski definition) is 1. The van der Waals surface area contributed by atoms with Gasteiger partial charge in [0.2, 0.25) is 5.91 Å². The maximum absolute atomic E-state index is 12.9. The minimum absolute atomic E-state index is 0.00958. The molecule has 4 rings (SSSR count). The van der Waals surface area contributed by atoms with Crippen molar-refractivity contribution < 1.29 is 22.7 Å². The first-order chi connectivity index (χ1) is 14.9. The lowest BCUT2D eigenvalue weighted by Gasteiger charge is -2.14. The van der Waals surface area contributed by atoms with Gasteiger partial charge in [-0.05, 0) is 42.5 Å². The Morgan fingerprint density at radius 2 is 2.16 bits per heavy atom. The van der Waals surface area contributed by atoms with Gasteiger partial charge in [-0.25, -0.2) is 0 Å². The Kier molecular flexibility index (Phi) is 6.63. The van der Waals surface area contributed by atoms with E-state index in [4.69, 9.17) is 4.74 Å². The summed E-state index contributed by atoms with van der Waals surface area (Å²) in [7, 11) is 0. The average molecular weight is 469 g/mol. The van der Waals surface area contributed by atoms with Crippen molar-refractivity contribution >= 4 is 34.7 Å². The standard InChI is InChI=1S/C20H19F3N4O2S2/c21-20(22,23)13-4-1-5-14(10-13)24-17(28)12-31-19-26-25-18(16-7-3-9-30-16)27(19)11-15-6-2-8-29-15/h1,3-5,7,9-10,15H,2,6,8,11-12H2,(H,24,28). The molecule has 31 heavy (non-hydrogen) atoms. The topological polar surface area (TPSA) is 69.0 Å². The summed E-state index contributed by atoms with van der Waals surface area (Å²) >= 11 is 2.74. The van der Waals surface area contributed by atoms with E-state index >= 15 is 0 Å². The van der Waals surface area contributed by atoms with Gasteiger partial charge in [-0.15, -0.1) is 21.5 Å². The fourth-order valence-corrected chi connectivity index (χ4v) is 4.71. The van der Waals surface area contributed by atoms with Crippen LogP contribution < -0.4 is 5.32 Å². The van der Waals surface area contributed by atoms with Crippen LogP contribution in [-0.4, -0.2) is 39.1 Å². The number of rotatable bonds is 7. The molecule has 0 saturated carbocycles. The van der Waals surface area contributed by atoms with Crippen molar-refractivity contribution in [1.82, 2.24) is 14.8 Å². The molecule has 3 aromatic rings. The van der Waals surface area contributed by atoms with E-state index in [0.717, 1.165) is 36.5 Å². The highest BCUT2D eigenvalue weighted by Gasteiger charge is 2.30. The lowest BCUT2D eigenvalue weighted by atomic mass is 10.2. The number of thiophene rings is 1. The zero-order chi connectivity index (χ0) is 21.8. The summed E-state index contributed by atoms with van der Waals surface area (Å²) in [5, 5.41) is 13.6. The van der Waals surface area contributed by atoms with E-state index in [1.165, 1.54) is 23.9 Å². The Balaban J connectivity index is 1.45. The summed E-state index contributed by atoms with van der Waals surface area (Å²) in [5.41, 5.74) is -0.713. The minimum atomic E-state index is -4.47. The zero-order valence-corrected chi connectivity index (χ0v) is 17.9. The summed E-state index contributed by atoms with van der Waals surface area (Å²) in [6.45, 7) is 1.31. The summed E-state index contributed by atoms with van der Waals surface area (Å²) in [5.74, 6) is 0.282. The predicted octanol–water partition coefficient (Wildman–Crippen LogP) is 4.94. The molecule has 1 aliphatic heterocycles. The molecular weight excluding hydrogens is 449 g/mol. The number of ether oxygens (including phenoxy) is 1. The maximum atomic E-state index is 12.9. The second-order valence-corrected chi connectivity index (χ2v) is 8.83. The minimum Gasteiger partial charge on any atom is -0.376 e. The van der Waals surface area contributed by atoms with Crippen LogP contribution >= 0.6 is 23.1 Å². The van der Waals surface area contributed by atoms with E-state index in [1.807, 2.05) is 22.1 Å². The van der Waals surface area contributed by atoms with Crippen LogP contribution in [0, 0.1) is 0 Å². The SMILES string of the molecule is O=C(CSc1nnc(-c2cccs2)n1CC1CCCO1)Nc1cccc(C(F)(F)F)c1. The molecule has 1 aliphatic rings. The van der Waals surface area contributed by atoms with Gasteiger partial charge in [0.15, 0.2) is 11.0 Å². The van der Waals surface area contributed by atoms with Crippen LogP contribution in [0.3, 0.4) is 0 Å². The van der Waals surface area contributed by atoms with E-state index in [1.54, 1.807) is 11.3 Å². The Bertz CT molecular complexity index is 1030. The fourth-order valence-electron chi connectivity index (χ4n) is 3.24. The Morgan fingerprint density at radius 1 is 1.29 bits per heavy atom. The third-order valence-corrected chi connectivity index (χ3v) is 6.51. The van der Waals surface area contributed by atoms with Crippen LogP contribution in [0.5, 0.6) is 0 Å². The average Bonchev–Trinajstić information content (AvgIpc) is 3.49. The molecular formula is C20H19F3N4O2S2. The van der Waals surface area contributed by atoms with Crippen LogP contribution in [0.4, 0.5) is 18.9 Å². The molecule has 1 aromatic carbocycles. The van der Waals surface area contributed by atoms with Gasteiger partial charge in [0.25, 0.3) is 0 Å². The highest BCUT2D eigenvalue weighted by Crippen LogP contribution is 2.31. The van der Waals surface area contributed by atoms with Crippen molar-refractivity contribution in [2.24, 2.45) is 0 Å². The van der Waals surface area contributed by atoms with E-state index in [-0.39, 0.29) is 17.5 Å². The van der Waals surface area contributed by atoms with E-state index in [2.05, 4.69) is 15.5 Å². The van der Waals surface area contributed by atoms with Gasteiger partial charge < -0.3 is 10.1 Å². The summed E-state index contributed by atoms with van der Waals surface area (Å²) < 4.78 is 46.3. The van der Waals surface area contributed by atoms with Crippen LogP contribution in [-0.2, 0) is 22.3 Å². The number of hydrogen-bond acceptors (Lipinski definition) is 6. The Labute approximate surface area is 184 Å². The van der Waals surface area contributed by atoms with Crippen molar-refractivity contribution in [3.63, 3.8) is 0 Å². The monoisotopic (exact) mass is 468 g/mol. The number of halogens is 3. The van der Waals surface area contributed by atoms with Gasteiger partial charge in [0.1, 0.15) is 0 Å². The van der Waals surface area contributed by atoms with E-state index < -0.39 is 17.6 Å². The number of aromatic nitrogens is 3. The highest BCUT2D eigenvalue weighted by molar-refractivity contribution is 7.99. The molecule has 11 heteroatoms. The lowest BCUT2D eigenvalue weighted by Crippen LogP contribution is -2.18. The first-order valence-corrected chi connectivity index (χ1v) is 11.5. The molecule has 0 aliphatic carbocycles. The molecule has 1 unspecified atom stereocenters. The maximum Gasteiger partial charge on any atom is 0.416 e. The molecule has 0 bridgehead atoms. The number of carbonyl (C=O) groups is 1. The molecule has 6 nitrogen and oxygen atoms in total. The molecule has 3 heterocycles. The van der Waals surface area contributed by atoms with Crippen molar-refractivity contribution in [3.8, 4) is 10.7 Å². The van der Waals surface area contributed by atoms with Crippen LogP contribution in [0.25, 0.3) is 10.7 Å². The number of alkyl halides is 3. The van der Waals surface area contributed by atoms with Gasteiger partial charge in [-0.3, -0.25) is 9.36 Å². The van der Waals surface area contributed by atoms with Gasteiger partial charge in [-0.1, -0.05) is 23.9 Å². The number of nitrogens with one attached hydrogen (secondary N) is 1. The third kappa shape index (κ3) is 5.46. The number of amides is 1. The third-order valence-electron chi connectivity index (χ3n) is 4.67. The smallest absolute Gasteiger partial charge is 0.376 e. The fraction of sp³-hybridized carbons (Fsp3) is 0.350. The molecule has 164 valence electrons. The quantitative estimate of drug-likeness (QED) is 0.498. The molecule has 0 spiro atoms. The van der Waals surface area contributed by atoms with Crippen molar-refractivity contribution in [2.45, 2.75) is 36.8 Å². The molecule has 1 N–H and O–H groups in total. The summed E-state index contributed by atoms with van der Waals surface area (Å²) in [6, 6.07) is 8.45. The number of anilines is 1. The second-order valence-electron chi connectivity index (χ2n) is 6.94. The summed E-state index contributed by atoms with van der Waals surface area (Å²) in [4.78, 5) is 13.3. The molecule has 1 atom stereocenters. The normalized spacial score (nSPS) is 16.5. The van der Waals surface area contributed by atoms with E-state index in [9.17, 15) is 18.0 Å². The number of nitrogens with zero attached hydrogens (tertiary/aromatic N) is 3. The van der Waals surface area contributed by atoms with Gasteiger partial charge in [0.05, 0.1) is 28.8 Å². The largest absolute Gasteiger partial charge is 0.416 e. The van der Waals surface area contributed by atoms with Crippen molar-refractivity contribution in [1.29, 1.82) is 0 Å². The predicted molar refractivity (Wildman–Crippen MR) is 113 cm³/mol. The molecule has 1 fully saturated rings. The molecule has 2 aromatic heterocycles. The number of carbonyl (C=O) groups excluding carboxylic acids is 1. The van der Waals surface area contributed by atoms with Gasteiger partial charge in [0, 0.05) is 12.3 Å². The second kappa shape index (κ2) is 9.41. The van der Waals surface area contributed by atoms with Crippen molar-refractivity contribution in [3.05, 3.63) is 47.3 Å². The number of thioether (sulfide) groups is 1. The zero-order valence-electron chi connectivity index (χ0n) is 16.3. The van der Waals surface area contributed by atoms with Crippen LogP contribution in [0.15, 0.2) is 46.9 Å². The lowest BCUT2D eigenvalue weighted by molar-refractivity contribution is -0.137. The van der Waals surface area contributed by atoms with Gasteiger partial charge in [-0.2, -0.15) is 13.2 Å².